The van der Waals surface area contributed by atoms with Gasteiger partial charge in [-0.15, -0.1) is 12.4 Å². The second-order valence-electron chi connectivity index (χ2n) is 15.0. The van der Waals surface area contributed by atoms with Crippen LogP contribution in [0.15, 0.2) is 46.5 Å². The van der Waals surface area contributed by atoms with Crippen molar-refractivity contribution in [2.45, 2.75) is 102 Å². The molecule has 10 nitrogen and oxygen atoms in total. The van der Waals surface area contributed by atoms with E-state index in [1.54, 1.807) is 15.8 Å². The summed E-state index contributed by atoms with van der Waals surface area (Å²) in [6.07, 6.45) is 10.5. The first-order valence-corrected chi connectivity index (χ1v) is 17.6. The maximum Gasteiger partial charge on any atom is 0.410 e. The molecular formula is C37H45ClF2N6O4. The Balaban J connectivity index is 0.000000176. The van der Waals surface area contributed by atoms with Crippen LogP contribution in [0.4, 0.5) is 13.6 Å². The molecule has 4 fully saturated rings. The summed E-state index contributed by atoms with van der Waals surface area (Å²) in [5.74, 6) is -0.0874. The average Bonchev–Trinajstić information content (AvgIpc) is 3.99. The minimum Gasteiger partial charge on any atom is -0.444 e. The van der Waals surface area contributed by atoms with E-state index in [0.29, 0.717) is 36.0 Å². The number of piperidine rings is 2. The molecule has 268 valence electrons. The minimum atomic E-state index is -0.576. The third kappa shape index (κ3) is 7.71. The summed E-state index contributed by atoms with van der Waals surface area (Å²) in [4.78, 5) is 48.3. The van der Waals surface area contributed by atoms with E-state index >= 15 is 0 Å². The van der Waals surface area contributed by atoms with Crippen LogP contribution in [-0.2, 0) is 4.74 Å². The van der Waals surface area contributed by atoms with Crippen molar-refractivity contribution in [1.29, 1.82) is 0 Å². The van der Waals surface area contributed by atoms with Crippen LogP contribution in [0, 0.1) is 11.6 Å². The number of hydrogen-bond donors (Lipinski definition) is 1. The van der Waals surface area contributed by atoms with Crippen LogP contribution in [-0.4, -0.2) is 61.9 Å². The highest BCUT2D eigenvalue weighted by Crippen LogP contribution is 2.42. The van der Waals surface area contributed by atoms with Crippen molar-refractivity contribution in [3.8, 4) is 0 Å². The van der Waals surface area contributed by atoms with Gasteiger partial charge in [0.1, 0.15) is 28.0 Å². The zero-order chi connectivity index (χ0) is 34.4. The number of aromatic nitrogens is 4. The summed E-state index contributed by atoms with van der Waals surface area (Å²) in [7, 11) is 0. The average molecular weight is 711 g/mol. The number of hydrogen-bond acceptors (Lipinski definition) is 7. The number of carbonyl (C=O) groups is 1. The van der Waals surface area contributed by atoms with Crippen molar-refractivity contribution in [3.05, 3.63) is 80.4 Å². The van der Waals surface area contributed by atoms with Gasteiger partial charge in [0, 0.05) is 19.6 Å². The van der Waals surface area contributed by atoms with Crippen LogP contribution < -0.4 is 16.4 Å². The van der Waals surface area contributed by atoms with Gasteiger partial charge in [0.2, 0.25) is 0 Å². The Labute approximate surface area is 295 Å². The number of carbonyl (C=O) groups excluding carboxylic acids is 1. The quantitative estimate of drug-likeness (QED) is 0.250. The first-order valence-electron chi connectivity index (χ1n) is 17.6. The highest BCUT2D eigenvalue weighted by atomic mass is 35.5. The molecule has 0 bridgehead atoms. The first-order chi connectivity index (χ1) is 23.5. The van der Waals surface area contributed by atoms with Gasteiger partial charge in [-0.1, -0.05) is 0 Å². The number of nitrogens with one attached hydrogen (secondary N) is 1. The zero-order valence-corrected chi connectivity index (χ0v) is 29.6. The minimum absolute atomic E-state index is 0. The van der Waals surface area contributed by atoms with Gasteiger partial charge in [-0.05, 0) is 126 Å². The summed E-state index contributed by atoms with van der Waals surface area (Å²) in [5.41, 5.74) is 1.57. The molecule has 0 radical (unpaired) electrons. The van der Waals surface area contributed by atoms with Crippen molar-refractivity contribution in [2.24, 2.45) is 0 Å². The predicted molar refractivity (Wildman–Crippen MR) is 190 cm³/mol. The number of fused-ring (bicyclic) bond motifs is 2. The van der Waals surface area contributed by atoms with Gasteiger partial charge in [-0.3, -0.25) is 18.7 Å². The molecule has 2 aliphatic heterocycles. The molecule has 2 aliphatic carbocycles. The molecular weight excluding hydrogens is 666 g/mol. The van der Waals surface area contributed by atoms with Crippen molar-refractivity contribution in [1.82, 2.24) is 29.3 Å². The van der Waals surface area contributed by atoms with E-state index < -0.39 is 17.2 Å². The lowest BCUT2D eigenvalue weighted by atomic mass is 10.0. The van der Waals surface area contributed by atoms with Gasteiger partial charge in [0.05, 0.1) is 35.8 Å². The Morgan fingerprint density at radius 3 is 1.80 bits per heavy atom. The zero-order valence-electron chi connectivity index (χ0n) is 28.8. The molecule has 2 aromatic heterocycles. The molecule has 2 aromatic carbocycles. The molecule has 4 heterocycles. The van der Waals surface area contributed by atoms with Crippen LogP contribution in [0.5, 0.6) is 0 Å². The molecule has 2 atom stereocenters. The summed E-state index contributed by atoms with van der Waals surface area (Å²) in [6, 6.07) is 6.53. The fraction of sp³-hybridized carbons (Fsp3) is 0.541. The third-order valence-electron chi connectivity index (χ3n) is 9.93. The summed E-state index contributed by atoms with van der Waals surface area (Å²) in [6.45, 7) is 8.12. The van der Waals surface area contributed by atoms with Gasteiger partial charge in [-0.2, -0.15) is 0 Å². The Bertz CT molecular complexity index is 2010. The van der Waals surface area contributed by atoms with Gasteiger partial charge < -0.3 is 15.0 Å². The number of halogens is 3. The topological polar surface area (TPSA) is 111 Å². The molecule has 2 saturated carbocycles. The van der Waals surface area contributed by atoms with Crippen LogP contribution in [0.25, 0.3) is 21.8 Å². The molecule has 1 N–H and O–H groups in total. The van der Waals surface area contributed by atoms with Gasteiger partial charge >= 0.3 is 6.09 Å². The van der Waals surface area contributed by atoms with E-state index in [4.69, 9.17) is 4.74 Å². The molecule has 13 heteroatoms. The second kappa shape index (κ2) is 14.4. The number of rotatable bonds is 4. The Morgan fingerprint density at radius 2 is 1.32 bits per heavy atom. The van der Waals surface area contributed by atoms with Crippen molar-refractivity contribution >= 4 is 40.3 Å². The van der Waals surface area contributed by atoms with E-state index in [9.17, 15) is 23.2 Å². The number of ether oxygens (including phenoxy) is 1. The van der Waals surface area contributed by atoms with Gasteiger partial charge in [0.15, 0.2) is 0 Å². The number of likely N-dealkylation sites (tertiary alicyclic amines) is 1. The fourth-order valence-electron chi connectivity index (χ4n) is 7.03. The summed E-state index contributed by atoms with van der Waals surface area (Å²) in [5, 5.41) is 3.44. The molecule has 4 aliphatic rings. The smallest absolute Gasteiger partial charge is 0.410 e. The highest BCUT2D eigenvalue weighted by molar-refractivity contribution is 5.85. The lowest BCUT2D eigenvalue weighted by Crippen LogP contribution is -2.45. The largest absolute Gasteiger partial charge is 0.444 e. The Hall–Kier alpha value is -3.90. The lowest BCUT2D eigenvalue weighted by Gasteiger charge is -2.34. The Morgan fingerprint density at radius 1 is 0.800 bits per heavy atom. The number of nitrogens with zero attached hydrogens (tertiary/aromatic N) is 5. The third-order valence-corrected chi connectivity index (χ3v) is 9.93. The molecule has 0 spiro atoms. The van der Waals surface area contributed by atoms with Crippen molar-refractivity contribution in [2.75, 3.05) is 26.2 Å². The maximum absolute atomic E-state index is 14.7. The van der Waals surface area contributed by atoms with E-state index in [0.717, 1.165) is 75.6 Å². The Kier molecular flexibility index (Phi) is 10.3. The van der Waals surface area contributed by atoms with Gasteiger partial charge in [-0.25, -0.2) is 23.5 Å². The molecule has 50 heavy (non-hydrogen) atoms. The number of benzene rings is 2. The molecule has 4 aromatic rings. The van der Waals surface area contributed by atoms with Gasteiger partial charge in [0.25, 0.3) is 11.1 Å². The van der Waals surface area contributed by atoms with Crippen molar-refractivity contribution < 1.29 is 18.3 Å². The normalized spacial score (nSPS) is 20.9. The highest BCUT2D eigenvalue weighted by Gasteiger charge is 2.31. The van der Waals surface area contributed by atoms with Crippen molar-refractivity contribution in [3.63, 3.8) is 0 Å². The fourth-order valence-corrected chi connectivity index (χ4v) is 7.03. The first kappa shape index (κ1) is 35.9. The standard InChI is InChI=1S/C21H26FN3O3.C16H18FN3O.ClH/c1-21(2,3)28-20(27)24-8-4-5-15(11-24)25-12-23-17-10-14(13-6-7-13)9-16(22)18(17)19(25)26;17-13-6-11(10-3-4-10)7-14-15(13)16(21)20(9-19-14)12-2-1-5-18-8-12;/h9-10,12-13,15H,4-8,11H2,1-3H3;6-7,9-10,12,18H,1-5,8H2;1H. The lowest BCUT2D eigenvalue weighted by molar-refractivity contribution is 0.0171. The second-order valence-corrected chi connectivity index (χ2v) is 15.0. The SMILES string of the molecule is CC(C)(C)OC(=O)N1CCCC(n2cnc3cc(C4CC4)cc(F)c3c2=O)C1.Cl.O=c1c2c(F)cc(C3CC3)cc2ncn1C1CCCNC1. The number of amides is 1. The van der Waals surface area contributed by atoms with E-state index in [1.807, 2.05) is 32.9 Å². The van der Waals surface area contributed by atoms with E-state index in [2.05, 4.69) is 15.3 Å². The van der Waals surface area contributed by atoms with E-state index in [-0.39, 0.29) is 52.5 Å². The van der Waals surface area contributed by atoms with Crippen LogP contribution in [0.2, 0.25) is 0 Å². The van der Waals surface area contributed by atoms with E-state index in [1.165, 1.54) is 23.0 Å². The van der Waals surface area contributed by atoms with Crippen LogP contribution >= 0.6 is 12.4 Å². The molecule has 2 unspecified atom stereocenters. The molecule has 8 rings (SSSR count). The monoisotopic (exact) mass is 710 g/mol. The molecule has 2 saturated heterocycles. The molecule has 1 amide bonds. The summed E-state index contributed by atoms with van der Waals surface area (Å²) >= 11 is 0. The van der Waals surface area contributed by atoms with Crippen LogP contribution in [0.1, 0.15) is 107 Å². The predicted octanol–water partition coefficient (Wildman–Crippen LogP) is 6.74. The maximum atomic E-state index is 14.7. The summed E-state index contributed by atoms with van der Waals surface area (Å²) < 4.78 is 37.6. The van der Waals surface area contributed by atoms with Crippen LogP contribution in [0.3, 0.4) is 0 Å².